The van der Waals surface area contributed by atoms with Crippen LogP contribution >= 0.6 is 11.8 Å². The quantitative estimate of drug-likeness (QED) is 0.540. The molecule has 0 spiro atoms. The lowest BCUT2D eigenvalue weighted by molar-refractivity contribution is -0.121. The van der Waals surface area contributed by atoms with Gasteiger partial charge in [-0.3, -0.25) is 4.79 Å². The molecule has 0 saturated carbocycles. The standard InChI is InChI=1S/C21H25N3O3S2/c1-15-7-9-16(10-8-15)29(26,27)14-12-20(25)22-19(11-13-28-2)21-23-17-5-3-4-6-18(17)24-21/h3-10,19H,11-14H2,1-2H3,(H,22,25)(H,23,24)/t19-/m0/s1. The normalized spacial score (nSPS) is 12.8. The number of hydrogen-bond donors (Lipinski definition) is 2. The molecule has 1 atom stereocenters. The molecule has 0 aliphatic rings. The van der Waals surface area contributed by atoms with Gasteiger partial charge in [0.15, 0.2) is 9.84 Å². The maximum absolute atomic E-state index is 12.5. The molecule has 0 radical (unpaired) electrons. The molecule has 1 aromatic heterocycles. The SMILES string of the molecule is CSCC[C@H](NC(=O)CCS(=O)(=O)c1ccc(C)cc1)c1nc2ccccc2[nH]1. The first kappa shape index (κ1) is 21.4. The second kappa shape index (κ2) is 9.45. The Hall–Kier alpha value is -2.32. The molecule has 0 saturated heterocycles. The van der Waals surface area contributed by atoms with Gasteiger partial charge in [0.2, 0.25) is 5.91 Å². The number of nitrogens with zero attached hydrogens (tertiary/aromatic N) is 1. The lowest BCUT2D eigenvalue weighted by Crippen LogP contribution is -2.31. The van der Waals surface area contributed by atoms with E-state index in [-0.39, 0.29) is 29.0 Å². The molecule has 0 aliphatic heterocycles. The fourth-order valence-corrected chi connectivity index (χ4v) is 4.72. The molecule has 3 aromatic rings. The highest BCUT2D eigenvalue weighted by molar-refractivity contribution is 7.98. The Balaban J connectivity index is 1.67. The Labute approximate surface area is 175 Å². The van der Waals surface area contributed by atoms with Gasteiger partial charge in [0, 0.05) is 6.42 Å². The second-order valence-corrected chi connectivity index (χ2v) is 10.0. The number of carbonyl (C=O) groups is 1. The number of fused-ring (bicyclic) bond motifs is 1. The number of amides is 1. The number of nitrogens with one attached hydrogen (secondary N) is 2. The largest absolute Gasteiger partial charge is 0.346 e. The van der Waals surface area contributed by atoms with Crippen molar-refractivity contribution in [2.75, 3.05) is 17.8 Å². The first-order valence-electron chi connectivity index (χ1n) is 9.41. The number of H-pyrrole nitrogens is 1. The molecule has 154 valence electrons. The fraction of sp³-hybridized carbons (Fsp3) is 0.333. The minimum absolute atomic E-state index is 0.0911. The number of thioether (sulfide) groups is 1. The highest BCUT2D eigenvalue weighted by Crippen LogP contribution is 2.20. The van der Waals surface area contributed by atoms with Crippen molar-refractivity contribution in [1.29, 1.82) is 0 Å². The number of hydrogen-bond acceptors (Lipinski definition) is 5. The Morgan fingerprint density at radius 2 is 1.90 bits per heavy atom. The van der Waals surface area contributed by atoms with Crippen LogP contribution in [0.5, 0.6) is 0 Å². The van der Waals surface area contributed by atoms with Crippen LogP contribution in [0, 0.1) is 6.92 Å². The van der Waals surface area contributed by atoms with E-state index in [9.17, 15) is 13.2 Å². The molecular formula is C21H25N3O3S2. The van der Waals surface area contributed by atoms with E-state index in [0.717, 1.165) is 22.3 Å². The number of carbonyl (C=O) groups excluding carboxylic acids is 1. The number of rotatable bonds is 9. The second-order valence-electron chi connectivity index (χ2n) is 6.92. The lowest BCUT2D eigenvalue weighted by atomic mass is 10.2. The van der Waals surface area contributed by atoms with Gasteiger partial charge < -0.3 is 10.3 Å². The van der Waals surface area contributed by atoms with Crippen LogP contribution in [0.3, 0.4) is 0 Å². The zero-order valence-electron chi connectivity index (χ0n) is 16.5. The third kappa shape index (κ3) is 5.61. The summed E-state index contributed by atoms with van der Waals surface area (Å²) in [4.78, 5) is 20.6. The van der Waals surface area contributed by atoms with Gasteiger partial charge in [-0.2, -0.15) is 11.8 Å². The smallest absolute Gasteiger partial charge is 0.221 e. The maximum Gasteiger partial charge on any atom is 0.221 e. The first-order valence-corrected chi connectivity index (χ1v) is 12.5. The molecule has 1 heterocycles. The maximum atomic E-state index is 12.5. The van der Waals surface area contributed by atoms with Crippen molar-refractivity contribution in [3.05, 3.63) is 59.9 Å². The molecule has 0 unspecified atom stereocenters. The number of imidazole rings is 1. The molecule has 2 aromatic carbocycles. The Kier molecular flexibility index (Phi) is 6.97. The Bertz CT molecular complexity index is 1040. The van der Waals surface area contributed by atoms with E-state index in [1.54, 1.807) is 36.0 Å². The van der Waals surface area contributed by atoms with Crippen molar-refractivity contribution in [2.45, 2.75) is 30.7 Å². The highest BCUT2D eigenvalue weighted by atomic mass is 32.2. The van der Waals surface area contributed by atoms with Crippen LogP contribution in [0.25, 0.3) is 11.0 Å². The lowest BCUT2D eigenvalue weighted by Gasteiger charge is -2.16. The Morgan fingerprint density at radius 3 is 2.59 bits per heavy atom. The number of para-hydroxylation sites is 2. The summed E-state index contributed by atoms with van der Waals surface area (Å²) in [5.41, 5.74) is 2.74. The summed E-state index contributed by atoms with van der Waals surface area (Å²) < 4.78 is 25.0. The first-order chi connectivity index (χ1) is 13.9. The van der Waals surface area contributed by atoms with Gasteiger partial charge in [-0.15, -0.1) is 0 Å². The summed E-state index contributed by atoms with van der Waals surface area (Å²) in [5, 5.41) is 2.95. The number of sulfone groups is 1. The highest BCUT2D eigenvalue weighted by Gasteiger charge is 2.21. The number of benzene rings is 2. The van der Waals surface area contributed by atoms with Crippen LogP contribution in [0.2, 0.25) is 0 Å². The van der Waals surface area contributed by atoms with E-state index in [2.05, 4.69) is 15.3 Å². The van der Waals surface area contributed by atoms with Crippen molar-refractivity contribution >= 4 is 38.5 Å². The predicted octanol–water partition coefficient (Wildman–Crippen LogP) is 3.65. The molecule has 2 N–H and O–H groups in total. The number of aromatic amines is 1. The minimum Gasteiger partial charge on any atom is -0.346 e. The van der Waals surface area contributed by atoms with E-state index < -0.39 is 9.84 Å². The van der Waals surface area contributed by atoms with Crippen LogP contribution in [-0.4, -0.2) is 42.1 Å². The zero-order valence-corrected chi connectivity index (χ0v) is 18.1. The van der Waals surface area contributed by atoms with Gasteiger partial charge in [0.05, 0.1) is 27.7 Å². The fourth-order valence-electron chi connectivity index (χ4n) is 3.01. The van der Waals surface area contributed by atoms with E-state index in [1.165, 1.54) is 0 Å². The van der Waals surface area contributed by atoms with Crippen LogP contribution < -0.4 is 5.32 Å². The summed E-state index contributed by atoms with van der Waals surface area (Å²) in [6.45, 7) is 1.90. The van der Waals surface area contributed by atoms with Crippen LogP contribution in [-0.2, 0) is 14.6 Å². The molecule has 29 heavy (non-hydrogen) atoms. The summed E-state index contributed by atoms with van der Waals surface area (Å²) >= 11 is 1.69. The minimum atomic E-state index is -3.50. The topological polar surface area (TPSA) is 91.9 Å². The average molecular weight is 432 g/mol. The van der Waals surface area contributed by atoms with Crippen LogP contribution in [0.15, 0.2) is 53.4 Å². The molecular weight excluding hydrogens is 406 g/mol. The molecule has 6 nitrogen and oxygen atoms in total. The molecule has 0 aliphatic carbocycles. The van der Waals surface area contributed by atoms with Gasteiger partial charge in [-0.1, -0.05) is 29.8 Å². The Morgan fingerprint density at radius 1 is 1.17 bits per heavy atom. The van der Waals surface area contributed by atoms with Crippen molar-refractivity contribution in [3.63, 3.8) is 0 Å². The van der Waals surface area contributed by atoms with Gasteiger partial charge in [0.1, 0.15) is 5.82 Å². The molecule has 3 rings (SSSR count). The van der Waals surface area contributed by atoms with Gasteiger partial charge in [0.25, 0.3) is 0 Å². The van der Waals surface area contributed by atoms with Gasteiger partial charge >= 0.3 is 0 Å². The monoisotopic (exact) mass is 431 g/mol. The number of aryl methyl sites for hydroxylation is 1. The van der Waals surface area contributed by atoms with Crippen molar-refractivity contribution in [3.8, 4) is 0 Å². The zero-order chi connectivity index (χ0) is 20.9. The third-order valence-electron chi connectivity index (χ3n) is 4.66. The summed E-state index contributed by atoms with van der Waals surface area (Å²) in [5.74, 6) is 1.02. The molecule has 8 heteroatoms. The van der Waals surface area contributed by atoms with Gasteiger partial charge in [-0.25, -0.2) is 13.4 Å². The van der Waals surface area contributed by atoms with Gasteiger partial charge in [-0.05, 0) is 49.6 Å². The number of aromatic nitrogens is 2. The van der Waals surface area contributed by atoms with E-state index in [4.69, 9.17) is 0 Å². The third-order valence-corrected chi connectivity index (χ3v) is 7.04. The van der Waals surface area contributed by atoms with Crippen molar-refractivity contribution in [2.24, 2.45) is 0 Å². The van der Waals surface area contributed by atoms with Crippen molar-refractivity contribution in [1.82, 2.24) is 15.3 Å². The van der Waals surface area contributed by atoms with Crippen LogP contribution in [0.1, 0.15) is 30.3 Å². The summed E-state index contributed by atoms with van der Waals surface area (Å²) in [6.07, 6.45) is 2.62. The molecule has 0 fully saturated rings. The molecule has 0 bridgehead atoms. The van der Waals surface area contributed by atoms with E-state index in [0.29, 0.717) is 12.2 Å². The summed E-state index contributed by atoms with van der Waals surface area (Å²) in [6, 6.07) is 14.1. The average Bonchev–Trinajstić information content (AvgIpc) is 3.14. The predicted molar refractivity (Wildman–Crippen MR) is 118 cm³/mol. The van der Waals surface area contributed by atoms with Crippen molar-refractivity contribution < 1.29 is 13.2 Å². The summed E-state index contributed by atoms with van der Waals surface area (Å²) in [7, 11) is -3.50. The van der Waals surface area contributed by atoms with E-state index in [1.807, 2.05) is 37.4 Å². The van der Waals surface area contributed by atoms with Crippen LogP contribution in [0.4, 0.5) is 0 Å². The molecule has 1 amide bonds. The van der Waals surface area contributed by atoms with E-state index >= 15 is 0 Å².